The highest BCUT2D eigenvalue weighted by atomic mass is 16.3. The van der Waals surface area contributed by atoms with Gasteiger partial charge >= 0.3 is 0 Å². The van der Waals surface area contributed by atoms with Gasteiger partial charge in [0, 0.05) is 44.9 Å². The van der Waals surface area contributed by atoms with Crippen LogP contribution in [-0.4, -0.2) is 21.0 Å². The van der Waals surface area contributed by atoms with Gasteiger partial charge in [0.1, 0.15) is 11.3 Å². The Labute approximate surface area is 261 Å². The second kappa shape index (κ2) is 10.1. The summed E-state index contributed by atoms with van der Waals surface area (Å²) in [7, 11) is 0. The lowest BCUT2D eigenvalue weighted by Gasteiger charge is -2.30. The fraction of sp³-hybridized carbons (Fsp3) is 0.0750. The summed E-state index contributed by atoms with van der Waals surface area (Å²) in [5, 5.41) is 1.13. The van der Waals surface area contributed by atoms with Crippen LogP contribution in [0.25, 0.3) is 51.2 Å². The van der Waals surface area contributed by atoms with Gasteiger partial charge in [-0.25, -0.2) is 15.0 Å². The first-order chi connectivity index (χ1) is 22.2. The average Bonchev–Trinajstić information content (AvgIpc) is 3.65. The number of hydrogen-bond acceptors (Lipinski definition) is 5. The molecule has 2 atom stereocenters. The first-order valence-electron chi connectivity index (χ1n) is 15.3. The van der Waals surface area contributed by atoms with Gasteiger partial charge in [-0.3, -0.25) is 0 Å². The van der Waals surface area contributed by atoms with Crippen LogP contribution in [0.2, 0.25) is 0 Å². The number of hydrogen-bond donors (Lipinski definition) is 0. The number of furan rings is 1. The first kappa shape index (κ1) is 25.7. The molecule has 7 aromatic rings. The predicted molar refractivity (Wildman–Crippen MR) is 180 cm³/mol. The van der Waals surface area contributed by atoms with Gasteiger partial charge in [-0.15, -0.1) is 0 Å². The van der Waals surface area contributed by atoms with E-state index in [2.05, 4.69) is 90.7 Å². The standard InChI is InChI=1S/C40H28N4O/c1-25-29(40-42-38(26-13-5-2-6-14-26)41-39(43-40)27-15-7-3-8-16-27)21-23-33-35(25)37-34(45-33)24-22-32-36(37)30-19-11-12-20-31(30)44(32)28-17-9-4-10-18-28/h2-24,32,36H,1H3. The molecular weight excluding hydrogens is 552 g/mol. The summed E-state index contributed by atoms with van der Waals surface area (Å²) in [5.74, 6) is 2.99. The van der Waals surface area contributed by atoms with Crippen LogP contribution in [0.3, 0.4) is 0 Å². The number of nitrogens with zero attached hydrogens (tertiary/aromatic N) is 4. The van der Waals surface area contributed by atoms with E-state index in [0.717, 1.165) is 39.0 Å². The van der Waals surface area contributed by atoms with E-state index in [1.165, 1.54) is 22.5 Å². The Morgan fingerprint density at radius 2 is 1.22 bits per heavy atom. The summed E-state index contributed by atoms with van der Waals surface area (Å²) in [4.78, 5) is 17.4. The summed E-state index contributed by atoms with van der Waals surface area (Å²) in [6.45, 7) is 2.17. The minimum atomic E-state index is 0.120. The summed E-state index contributed by atoms with van der Waals surface area (Å²) < 4.78 is 6.55. The van der Waals surface area contributed by atoms with Crippen molar-refractivity contribution in [2.45, 2.75) is 18.9 Å². The smallest absolute Gasteiger partial charge is 0.164 e. The molecule has 2 aromatic heterocycles. The Morgan fingerprint density at radius 3 is 1.91 bits per heavy atom. The van der Waals surface area contributed by atoms with Crippen molar-refractivity contribution in [3.8, 4) is 34.2 Å². The monoisotopic (exact) mass is 580 g/mol. The van der Waals surface area contributed by atoms with Crippen molar-refractivity contribution in [2.75, 3.05) is 4.90 Å². The Kier molecular flexibility index (Phi) is 5.78. The highest BCUT2D eigenvalue weighted by Crippen LogP contribution is 2.54. The van der Waals surface area contributed by atoms with Crippen molar-refractivity contribution in [1.82, 2.24) is 15.0 Å². The molecule has 1 aliphatic carbocycles. The number of anilines is 2. The van der Waals surface area contributed by atoms with Gasteiger partial charge in [-0.2, -0.15) is 0 Å². The fourth-order valence-electron chi connectivity index (χ4n) is 7.08. The lowest BCUT2D eigenvalue weighted by Crippen LogP contribution is -2.30. The van der Waals surface area contributed by atoms with Crippen molar-refractivity contribution < 1.29 is 4.42 Å². The molecule has 2 aliphatic rings. The second-order valence-electron chi connectivity index (χ2n) is 11.6. The molecule has 0 bridgehead atoms. The molecule has 0 saturated heterocycles. The molecule has 2 unspecified atom stereocenters. The molecule has 0 saturated carbocycles. The van der Waals surface area contributed by atoms with E-state index >= 15 is 0 Å². The van der Waals surface area contributed by atoms with Crippen LogP contribution in [0.1, 0.15) is 28.4 Å². The number of benzene rings is 5. The van der Waals surface area contributed by atoms with Gasteiger partial charge in [-0.1, -0.05) is 103 Å². The average molecular weight is 581 g/mol. The fourth-order valence-corrected chi connectivity index (χ4v) is 7.08. The zero-order valence-electron chi connectivity index (χ0n) is 24.6. The molecule has 5 nitrogen and oxygen atoms in total. The SMILES string of the molecule is Cc1c(-c2nc(-c3ccccc3)nc(-c3ccccc3)n2)ccc2oc3c(c12)C1c2ccccc2N(c2ccccc2)C1C=C3. The predicted octanol–water partition coefficient (Wildman–Crippen LogP) is 9.61. The molecule has 0 amide bonds. The topological polar surface area (TPSA) is 55.1 Å². The second-order valence-corrected chi connectivity index (χ2v) is 11.6. The van der Waals surface area contributed by atoms with Crippen LogP contribution in [0.4, 0.5) is 11.4 Å². The lowest BCUT2D eigenvalue weighted by atomic mass is 9.81. The molecule has 5 heteroatoms. The van der Waals surface area contributed by atoms with Crippen LogP contribution in [-0.2, 0) is 0 Å². The highest BCUT2D eigenvalue weighted by Gasteiger charge is 2.43. The molecule has 5 aromatic carbocycles. The third-order valence-corrected chi connectivity index (χ3v) is 9.08. The molecule has 0 spiro atoms. The maximum Gasteiger partial charge on any atom is 0.164 e. The maximum atomic E-state index is 6.55. The quantitative estimate of drug-likeness (QED) is 0.207. The molecule has 0 radical (unpaired) electrons. The van der Waals surface area contributed by atoms with E-state index in [-0.39, 0.29) is 12.0 Å². The Morgan fingerprint density at radius 1 is 0.622 bits per heavy atom. The first-order valence-corrected chi connectivity index (χ1v) is 15.3. The Hall–Kier alpha value is -5.81. The summed E-state index contributed by atoms with van der Waals surface area (Å²) in [6, 6.07) is 43.9. The number of aromatic nitrogens is 3. The summed E-state index contributed by atoms with van der Waals surface area (Å²) in [6.07, 6.45) is 4.45. The number of aryl methyl sites for hydroxylation is 1. The molecule has 1 aliphatic heterocycles. The zero-order chi connectivity index (χ0) is 29.9. The van der Waals surface area contributed by atoms with Crippen molar-refractivity contribution in [2.24, 2.45) is 0 Å². The van der Waals surface area contributed by atoms with E-state index < -0.39 is 0 Å². The summed E-state index contributed by atoms with van der Waals surface area (Å²) in [5.41, 5.74) is 9.81. The number of fused-ring (bicyclic) bond motifs is 7. The molecule has 45 heavy (non-hydrogen) atoms. The Bertz CT molecular complexity index is 2180. The van der Waals surface area contributed by atoms with E-state index in [4.69, 9.17) is 19.4 Å². The van der Waals surface area contributed by atoms with Crippen molar-refractivity contribution in [1.29, 1.82) is 0 Å². The maximum absolute atomic E-state index is 6.55. The van der Waals surface area contributed by atoms with Gasteiger partial charge in [0.2, 0.25) is 0 Å². The van der Waals surface area contributed by atoms with E-state index in [9.17, 15) is 0 Å². The Balaban J connectivity index is 1.25. The van der Waals surface area contributed by atoms with Crippen LogP contribution in [0.15, 0.2) is 138 Å². The van der Waals surface area contributed by atoms with Crippen LogP contribution in [0, 0.1) is 6.92 Å². The number of rotatable bonds is 4. The van der Waals surface area contributed by atoms with Crippen LogP contribution in [0.5, 0.6) is 0 Å². The third kappa shape index (κ3) is 4.05. The van der Waals surface area contributed by atoms with Gasteiger partial charge in [0.15, 0.2) is 17.5 Å². The zero-order valence-corrected chi connectivity index (χ0v) is 24.6. The van der Waals surface area contributed by atoms with Gasteiger partial charge in [-0.05, 0) is 54.5 Å². The van der Waals surface area contributed by atoms with Crippen LogP contribution >= 0.6 is 0 Å². The molecule has 214 valence electrons. The van der Waals surface area contributed by atoms with E-state index in [1.807, 2.05) is 60.7 Å². The van der Waals surface area contributed by atoms with Gasteiger partial charge in [0.25, 0.3) is 0 Å². The third-order valence-electron chi connectivity index (χ3n) is 9.08. The molecule has 9 rings (SSSR count). The van der Waals surface area contributed by atoms with Crippen molar-refractivity contribution in [3.63, 3.8) is 0 Å². The van der Waals surface area contributed by atoms with Crippen molar-refractivity contribution in [3.05, 3.63) is 156 Å². The molecule has 3 heterocycles. The van der Waals surface area contributed by atoms with Gasteiger partial charge < -0.3 is 9.32 Å². The molecule has 0 fully saturated rings. The van der Waals surface area contributed by atoms with Crippen molar-refractivity contribution >= 4 is 28.4 Å². The lowest BCUT2D eigenvalue weighted by molar-refractivity contribution is 0.584. The molecule has 0 N–H and O–H groups in total. The summed E-state index contributed by atoms with van der Waals surface area (Å²) >= 11 is 0. The van der Waals surface area contributed by atoms with Gasteiger partial charge in [0.05, 0.1) is 6.04 Å². The molecular formula is C40H28N4O. The normalized spacial score (nSPS) is 16.4. The van der Waals surface area contributed by atoms with E-state index in [1.54, 1.807) is 0 Å². The minimum absolute atomic E-state index is 0.120. The van der Waals surface area contributed by atoms with Crippen LogP contribution < -0.4 is 4.90 Å². The highest BCUT2D eigenvalue weighted by molar-refractivity contribution is 5.95. The minimum Gasteiger partial charge on any atom is -0.456 e. The largest absolute Gasteiger partial charge is 0.456 e. The van der Waals surface area contributed by atoms with E-state index in [0.29, 0.717) is 17.5 Å². The number of para-hydroxylation sites is 2.